The quantitative estimate of drug-likeness (QED) is 0.758. The van der Waals surface area contributed by atoms with Crippen LogP contribution in [0.1, 0.15) is 12.0 Å². The molecule has 0 aromatic heterocycles. The number of hydrogen-bond donors (Lipinski definition) is 3. The Bertz CT molecular complexity index is 423. The predicted octanol–water partition coefficient (Wildman–Crippen LogP) is 1.55. The van der Waals surface area contributed by atoms with Crippen LogP contribution < -0.4 is 11.1 Å². The average molecular weight is 252 g/mol. The van der Waals surface area contributed by atoms with Gasteiger partial charge < -0.3 is 16.2 Å². The fourth-order valence-electron chi connectivity index (χ4n) is 1.79. The van der Waals surface area contributed by atoms with Gasteiger partial charge in [0.15, 0.2) is 0 Å². The van der Waals surface area contributed by atoms with E-state index in [4.69, 9.17) is 10.8 Å². The minimum absolute atomic E-state index is 0.473. The molecule has 0 amide bonds. The molecule has 0 saturated heterocycles. The monoisotopic (exact) mass is 252 g/mol. The van der Waals surface area contributed by atoms with E-state index >= 15 is 0 Å². The van der Waals surface area contributed by atoms with Crippen LogP contribution in [0, 0.1) is 0 Å². The van der Waals surface area contributed by atoms with Crippen LogP contribution in [-0.4, -0.2) is 29.4 Å². The molecule has 17 heavy (non-hydrogen) atoms. The summed E-state index contributed by atoms with van der Waals surface area (Å²) in [5.74, 6) is 0.160. The summed E-state index contributed by atoms with van der Waals surface area (Å²) in [6.45, 7) is 0.982. The second-order valence-electron chi connectivity index (χ2n) is 4.09. The van der Waals surface area contributed by atoms with Crippen LogP contribution in [0.5, 0.6) is 0 Å². The second-order valence-corrected chi connectivity index (χ2v) is 5.23. The molecule has 0 saturated carbocycles. The fourth-order valence-corrected chi connectivity index (χ4v) is 2.66. The number of hydrogen-bond acceptors (Lipinski definition) is 4. The molecule has 0 fully saturated rings. The zero-order valence-corrected chi connectivity index (χ0v) is 10.3. The molecule has 0 aliphatic carbocycles. The van der Waals surface area contributed by atoms with E-state index in [-0.39, 0.29) is 0 Å². The number of benzene rings is 1. The van der Waals surface area contributed by atoms with Gasteiger partial charge >= 0.3 is 5.97 Å². The third kappa shape index (κ3) is 3.14. The first-order valence-corrected chi connectivity index (χ1v) is 6.63. The summed E-state index contributed by atoms with van der Waals surface area (Å²) >= 11 is 1.85. The smallest absolute Gasteiger partial charge is 0.320 e. The van der Waals surface area contributed by atoms with Gasteiger partial charge in [0, 0.05) is 22.9 Å². The molecule has 1 aliphatic rings. The number of nitrogens with one attached hydrogen (secondary N) is 1. The lowest BCUT2D eigenvalue weighted by Gasteiger charge is -2.18. The number of thioether (sulfide) groups is 1. The molecule has 0 bridgehead atoms. The number of aliphatic carboxylic acids is 1. The van der Waals surface area contributed by atoms with Crippen molar-refractivity contribution >= 4 is 23.4 Å². The molecule has 0 radical (unpaired) electrons. The van der Waals surface area contributed by atoms with Gasteiger partial charge in [-0.05, 0) is 30.5 Å². The van der Waals surface area contributed by atoms with Crippen LogP contribution in [0.15, 0.2) is 23.1 Å². The van der Waals surface area contributed by atoms with E-state index in [1.807, 2.05) is 17.8 Å². The van der Waals surface area contributed by atoms with E-state index in [1.165, 1.54) is 4.90 Å². The molecule has 1 atom stereocenters. The third-order valence-electron chi connectivity index (χ3n) is 2.78. The number of anilines is 1. The maximum absolute atomic E-state index is 10.6. The molecule has 1 heterocycles. The Hall–Kier alpha value is -1.20. The van der Waals surface area contributed by atoms with Crippen molar-refractivity contribution in [2.45, 2.75) is 23.8 Å². The minimum atomic E-state index is -0.934. The van der Waals surface area contributed by atoms with Crippen LogP contribution in [0.25, 0.3) is 0 Å². The number of carbonyl (C=O) groups is 1. The lowest BCUT2D eigenvalue weighted by atomic mass is 10.1. The van der Waals surface area contributed by atoms with Gasteiger partial charge in [0.25, 0.3) is 0 Å². The van der Waals surface area contributed by atoms with Gasteiger partial charge in [0.2, 0.25) is 0 Å². The topological polar surface area (TPSA) is 75.3 Å². The van der Waals surface area contributed by atoms with E-state index in [9.17, 15) is 4.79 Å². The van der Waals surface area contributed by atoms with Crippen molar-refractivity contribution in [2.24, 2.45) is 5.73 Å². The number of carboxylic acid groups (broad SMARTS) is 1. The highest BCUT2D eigenvalue weighted by molar-refractivity contribution is 7.99. The molecule has 0 spiro atoms. The predicted molar refractivity (Wildman–Crippen MR) is 69.6 cm³/mol. The molecule has 1 aromatic carbocycles. The Kier molecular flexibility index (Phi) is 3.91. The van der Waals surface area contributed by atoms with Crippen molar-refractivity contribution in [3.63, 3.8) is 0 Å². The highest BCUT2D eigenvalue weighted by atomic mass is 32.2. The minimum Gasteiger partial charge on any atom is -0.480 e. The lowest BCUT2D eigenvalue weighted by molar-refractivity contribution is -0.138. The number of rotatable bonds is 4. The van der Waals surface area contributed by atoms with Crippen molar-refractivity contribution in [3.8, 4) is 0 Å². The number of fused-ring (bicyclic) bond motifs is 1. The summed E-state index contributed by atoms with van der Waals surface area (Å²) in [6, 6.07) is 5.46. The summed E-state index contributed by atoms with van der Waals surface area (Å²) in [5.41, 5.74) is 7.77. The van der Waals surface area contributed by atoms with Crippen LogP contribution in [0.2, 0.25) is 0 Å². The Morgan fingerprint density at radius 2 is 2.41 bits per heavy atom. The average Bonchev–Trinajstić information content (AvgIpc) is 2.35. The number of carboxylic acids is 1. The first-order valence-electron chi connectivity index (χ1n) is 5.65. The molecule has 5 heteroatoms. The van der Waals surface area contributed by atoms with Crippen molar-refractivity contribution in [1.29, 1.82) is 0 Å². The van der Waals surface area contributed by atoms with Gasteiger partial charge in [-0.2, -0.15) is 0 Å². The summed E-state index contributed by atoms with van der Waals surface area (Å²) in [7, 11) is 0. The van der Waals surface area contributed by atoms with Crippen molar-refractivity contribution in [1.82, 2.24) is 0 Å². The number of aryl methyl sites for hydroxylation is 1. The zero-order chi connectivity index (χ0) is 12.3. The highest BCUT2D eigenvalue weighted by Gasteiger charge is 2.13. The maximum Gasteiger partial charge on any atom is 0.320 e. The molecule has 1 unspecified atom stereocenters. The number of nitrogens with two attached hydrogens (primary N) is 1. The van der Waals surface area contributed by atoms with E-state index in [0.29, 0.717) is 12.8 Å². The van der Waals surface area contributed by atoms with Gasteiger partial charge in [-0.3, -0.25) is 4.79 Å². The van der Waals surface area contributed by atoms with Gasteiger partial charge in [-0.15, -0.1) is 11.8 Å². The van der Waals surface area contributed by atoms with Crippen molar-refractivity contribution < 1.29 is 9.90 Å². The van der Waals surface area contributed by atoms with E-state index in [1.54, 1.807) is 0 Å². The molecule has 92 valence electrons. The Morgan fingerprint density at radius 3 is 3.18 bits per heavy atom. The zero-order valence-electron chi connectivity index (χ0n) is 9.48. The van der Waals surface area contributed by atoms with Crippen LogP contribution in [0.3, 0.4) is 0 Å². The summed E-state index contributed by atoms with van der Waals surface area (Å²) < 4.78 is 0. The lowest BCUT2D eigenvalue weighted by Crippen LogP contribution is -2.30. The molecule has 4 N–H and O–H groups in total. The highest BCUT2D eigenvalue weighted by Crippen LogP contribution is 2.31. The van der Waals surface area contributed by atoms with Gasteiger partial charge in [0.05, 0.1) is 0 Å². The summed E-state index contributed by atoms with van der Waals surface area (Å²) in [6.07, 6.45) is 1.17. The first-order chi connectivity index (χ1) is 8.16. The van der Waals surface area contributed by atoms with E-state index < -0.39 is 12.0 Å². The van der Waals surface area contributed by atoms with E-state index in [2.05, 4.69) is 17.4 Å². The third-order valence-corrected chi connectivity index (χ3v) is 3.86. The molecular weight excluding hydrogens is 236 g/mol. The molecule has 2 rings (SSSR count). The van der Waals surface area contributed by atoms with E-state index in [0.717, 1.165) is 23.5 Å². The van der Waals surface area contributed by atoms with Gasteiger partial charge in [0.1, 0.15) is 6.04 Å². The van der Waals surface area contributed by atoms with Crippen LogP contribution in [0.4, 0.5) is 5.69 Å². The van der Waals surface area contributed by atoms with Gasteiger partial charge in [-0.1, -0.05) is 6.07 Å². The molecule has 4 nitrogen and oxygen atoms in total. The Balaban J connectivity index is 2.00. The molecule has 1 aromatic rings. The Labute approximate surface area is 105 Å². The van der Waals surface area contributed by atoms with Crippen LogP contribution in [-0.2, 0) is 11.2 Å². The van der Waals surface area contributed by atoms with Crippen LogP contribution >= 0.6 is 11.8 Å². The standard InChI is InChI=1S/C12H16N2O2S/c13-9(12(15)16)3-1-8-2-4-11-10(7-8)14-5-6-17-11/h2,4,7,9,14H,1,3,5-6,13H2,(H,15,16). The Morgan fingerprint density at radius 1 is 1.59 bits per heavy atom. The van der Waals surface area contributed by atoms with Crippen molar-refractivity contribution in [2.75, 3.05) is 17.6 Å². The fraction of sp³-hybridized carbons (Fsp3) is 0.417. The maximum atomic E-state index is 10.6. The molecule has 1 aliphatic heterocycles. The summed E-state index contributed by atoms with van der Waals surface area (Å²) in [4.78, 5) is 11.9. The first kappa shape index (κ1) is 12.3. The van der Waals surface area contributed by atoms with Gasteiger partial charge in [-0.25, -0.2) is 0 Å². The second kappa shape index (κ2) is 5.42. The summed E-state index contributed by atoms with van der Waals surface area (Å²) in [5, 5.41) is 12.1. The largest absolute Gasteiger partial charge is 0.480 e. The molecular formula is C12H16N2O2S. The van der Waals surface area contributed by atoms with Crippen molar-refractivity contribution in [3.05, 3.63) is 23.8 Å². The SMILES string of the molecule is NC(CCc1ccc2c(c1)NCCS2)C(=O)O. The normalized spacial score (nSPS) is 15.8.